The first kappa shape index (κ1) is 21.4. The van der Waals surface area contributed by atoms with Gasteiger partial charge < -0.3 is 4.74 Å². The summed E-state index contributed by atoms with van der Waals surface area (Å²) in [5, 5.41) is 8.81. The zero-order valence-corrected chi connectivity index (χ0v) is 18.6. The lowest BCUT2D eigenvalue weighted by molar-refractivity contribution is 0.523. The van der Waals surface area contributed by atoms with Crippen LogP contribution >= 0.6 is 23.2 Å². The molecule has 1 aromatic heterocycles. The maximum absolute atomic E-state index is 12.3. The molecule has 0 atom stereocenters. The van der Waals surface area contributed by atoms with Crippen LogP contribution in [0.4, 0.5) is 0 Å². The van der Waals surface area contributed by atoms with Gasteiger partial charge in [-0.05, 0) is 43.4 Å². The third-order valence-electron chi connectivity index (χ3n) is 5.21. The molecule has 0 bridgehead atoms. The van der Waals surface area contributed by atoms with Gasteiger partial charge in [0.05, 0.1) is 21.4 Å². The Labute approximate surface area is 188 Å². The molecule has 8 nitrogen and oxygen atoms in total. The van der Waals surface area contributed by atoms with Crippen molar-refractivity contribution < 1.29 is 4.74 Å². The Morgan fingerprint density at radius 3 is 2.42 bits per heavy atom. The summed E-state index contributed by atoms with van der Waals surface area (Å²) in [6.45, 7) is 7.63. The van der Waals surface area contributed by atoms with Gasteiger partial charge in [-0.25, -0.2) is 4.79 Å². The summed E-state index contributed by atoms with van der Waals surface area (Å²) < 4.78 is 7.06. The number of aromatic amines is 1. The fourth-order valence-corrected chi connectivity index (χ4v) is 4.19. The Hall–Kier alpha value is -2.84. The molecule has 2 aromatic rings. The number of H-pyrrole nitrogens is 1. The SMILES string of the molecule is C=C1NN=C(Oc2c(Cl)cc(-n3nc(C(C)C)c(=O)[nH]c3=O)cc2Cl)C2=C1CCCC2. The van der Waals surface area contributed by atoms with E-state index in [9.17, 15) is 9.59 Å². The second kappa shape index (κ2) is 8.36. The Morgan fingerprint density at radius 2 is 1.77 bits per heavy atom. The average molecular weight is 462 g/mol. The monoisotopic (exact) mass is 461 g/mol. The van der Waals surface area contributed by atoms with Gasteiger partial charge in [0.25, 0.3) is 5.56 Å². The van der Waals surface area contributed by atoms with Gasteiger partial charge in [-0.15, -0.1) is 5.10 Å². The topological polar surface area (TPSA) is 101 Å². The summed E-state index contributed by atoms with van der Waals surface area (Å²) in [7, 11) is 0. The third kappa shape index (κ3) is 4.05. The zero-order chi connectivity index (χ0) is 22.3. The van der Waals surface area contributed by atoms with Gasteiger partial charge in [-0.3, -0.25) is 15.2 Å². The Balaban J connectivity index is 1.72. The predicted octanol–water partition coefficient (Wildman–Crippen LogP) is 4.03. The van der Waals surface area contributed by atoms with E-state index in [1.165, 1.54) is 12.1 Å². The second-order valence-electron chi connectivity index (χ2n) is 7.72. The van der Waals surface area contributed by atoms with Crippen molar-refractivity contribution >= 4 is 29.1 Å². The van der Waals surface area contributed by atoms with E-state index < -0.39 is 11.2 Å². The van der Waals surface area contributed by atoms with Crippen LogP contribution in [0.15, 0.2) is 50.2 Å². The number of rotatable bonds is 3. The van der Waals surface area contributed by atoms with E-state index in [2.05, 4.69) is 27.2 Å². The Kier molecular flexibility index (Phi) is 5.77. The number of benzene rings is 1. The molecule has 2 N–H and O–H groups in total. The quantitative estimate of drug-likeness (QED) is 0.718. The van der Waals surface area contributed by atoms with Crippen molar-refractivity contribution in [3.63, 3.8) is 0 Å². The molecule has 2 aliphatic rings. The van der Waals surface area contributed by atoms with Gasteiger partial charge in [-0.2, -0.15) is 9.78 Å². The Morgan fingerprint density at radius 1 is 1.13 bits per heavy atom. The summed E-state index contributed by atoms with van der Waals surface area (Å²) in [5.74, 6) is 0.452. The van der Waals surface area contributed by atoms with Crippen LogP contribution in [0, 0.1) is 0 Å². The van der Waals surface area contributed by atoms with Gasteiger partial charge in [0.2, 0.25) is 5.90 Å². The highest BCUT2D eigenvalue weighted by molar-refractivity contribution is 6.37. The predicted molar refractivity (Wildman–Crippen MR) is 120 cm³/mol. The molecule has 10 heteroatoms. The standard InChI is InChI=1S/C21H21Cl2N5O3/c1-10(2)17-19(29)24-21(30)28(27-17)12-8-15(22)18(16(23)9-12)31-20-14-7-5-4-6-13(14)11(3)25-26-20/h8-10,25H,3-7H2,1-2H3,(H,24,29,30). The van der Waals surface area contributed by atoms with Crippen molar-refractivity contribution in [2.75, 3.05) is 0 Å². The van der Waals surface area contributed by atoms with Crippen molar-refractivity contribution in [1.29, 1.82) is 0 Å². The molecule has 0 radical (unpaired) electrons. The number of hydrogen-bond donors (Lipinski definition) is 2. The van der Waals surface area contributed by atoms with Gasteiger partial charge in [0, 0.05) is 11.5 Å². The molecule has 1 aliphatic heterocycles. The van der Waals surface area contributed by atoms with E-state index in [-0.39, 0.29) is 27.4 Å². The number of allylic oxidation sites excluding steroid dienone is 1. The molecule has 0 fully saturated rings. The first-order chi connectivity index (χ1) is 14.8. The minimum atomic E-state index is -0.688. The van der Waals surface area contributed by atoms with Crippen LogP contribution in [0.5, 0.6) is 5.75 Å². The van der Waals surface area contributed by atoms with Gasteiger partial charge in [-0.1, -0.05) is 43.6 Å². The fourth-order valence-electron chi connectivity index (χ4n) is 3.64. The summed E-state index contributed by atoms with van der Waals surface area (Å²) in [6.07, 6.45) is 3.86. The molecule has 4 rings (SSSR count). The van der Waals surface area contributed by atoms with Crippen LogP contribution in [-0.4, -0.2) is 20.7 Å². The number of halogens is 2. The summed E-state index contributed by atoms with van der Waals surface area (Å²) in [6, 6.07) is 3.01. The number of nitrogens with zero attached hydrogens (tertiary/aromatic N) is 3. The fraction of sp³-hybridized carbons (Fsp3) is 0.333. The molecule has 31 heavy (non-hydrogen) atoms. The van der Waals surface area contributed by atoms with Crippen LogP contribution in [0.3, 0.4) is 0 Å². The maximum atomic E-state index is 12.3. The minimum absolute atomic E-state index is 0.173. The summed E-state index contributed by atoms with van der Waals surface area (Å²) in [5.41, 5.74) is 5.09. The highest BCUT2D eigenvalue weighted by Crippen LogP contribution is 2.38. The smallest absolute Gasteiger partial charge is 0.349 e. The molecule has 0 spiro atoms. The van der Waals surface area contributed by atoms with Crippen molar-refractivity contribution in [3.8, 4) is 11.4 Å². The van der Waals surface area contributed by atoms with Gasteiger partial charge >= 0.3 is 5.69 Å². The van der Waals surface area contributed by atoms with Crippen LogP contribution in [0.1, 0.15) is 51.1 Å². The molecular formula is C21H21Cl2N5O3. The molecular weight excluding hydrogens is 441 g/mol. The molecule has 1 aliphatic carbocycles. The number of hydrogen-bond acceptors (Lipinski definition) is 6. The van der Waals surface area contributed by atoms with Crippen LogP contribution in [0.25, 0.3) is 5.69 Å². The minimum Gasteiger partial charge on any atom is -0.434 e. The molecule has 1 aromatic carbocycles. The molecule has 0 saturated heterocycles. The van der Waals surface area contributed by atoms with Crippen LogP contribution in [-0.2, 0) is 0 Å². The van der Waals surface area contributed by atoms with Crippen molar-refractivity contribution in [3.05, 3.63) is 72.1 Å². The lowest BCUT2D eigenvalue weighted by Gasteiger charge is -2.26. The molecule has 0 unspecified atom stereocenters. The van der Waals surface area contributed by atoms with Crippen LogP contribution in [0.2, 0.25) is 10.0 Å². The van der Waals surface area contributed by atoms with E-state index in [1.807, 2.05) is 13.8 Å². The van der Waals surface area contributed by atoms with E-state index >= 15 is 0 Å². The van der Waals surface area contributed by atoms with E-state index in [4.69, 9.17) is 27.9 Å². The van der Waals surface area contributed by atoms with Crippen molar-refractivity contribution in [1.82, 2.24) is 20.2 Å². The average Bonchev–Trinajstić information content (AvgIpc) is 2.72. The van der Waals surface area contributed by atoms with Crippen LogP contribution < -0.4 is 21.4 Å². The zero-order valence-electron chi connectivity index (χ0n) is 17.1. The summed E-state index contributed by atoms with van der Waals surface area (Å²) >= 11 is 12.9. The second-order valence-corrected chi connectivity index (χ2v) is 8.54. The number of ether oxygens (including phenoxy) is 1. The highest BCUT2D eigenvalue weighted by atomic mass is 35.5. The molecule has 0 amide bonds. The van der Waals surface area contributed by atoms with Gasteiger partial charge in [0.15, 0.2) is 5.75 Å². The van der Waals surface area contributed by atoms with Gasteiger partial charge in [0.1, 0.15) is 5.69 Å². The molecule has 2 heterocycles. The summed E-state index contributed by atoms with van der Waals surface area (Å²) in [4.78, 5) is 26.6. The maximum Gasteiger partial charge on any atom is 0.349 e. The number of aromatic nitrogens is 3. The van der Waals surface area contributed by atoms with Crippen molar-refractivity contribution in [2.45, 2.75) is 45.4 Å². The van der Waals surface area contributed by atoms with E-state index in [1.54, 1.807) is 0 Å². The largest absolute Gasteiger partial charge is 0.434 e. The number of hydrazone groups is 1. The highest BCUT2D eigenvalue weighted by Gasteiger charge is 2.26. The number of nitrogens with one attached hydrogen (secondary N) is 2. The lowest BCUT2D eigenvalue weighted by atomic mass is 9.89. The lowest BCUT2D eigenvalue weighted by Crippen LogP contribution is -2.34. The van der Waals surface area contributed by atoms with E-state index in [0.29, 0.717) is 11.6 Å². The normalized spacial score (nSPS) is 16.2. The first-order valence-corrected chi connectivity index (χ1v) is 10.7. The van der Waals surface area contributed by atoms with Crippen molar-refractivity contribution in [2.24, 2.45) is 5.10 Å². The Bertz CT molecular complexity index is 1230. The van der Waals surface area contributed by atoms with E-state index in [0.717, 1.165) is 47.2 Å². The third-order valence-corrected chi connectivity index (χ3v) is 5.77. The molecule has 0 saturated carbocycles. The molecule has 162 valence electrons. The first-order valence-electron chi connectivity index (χ1n) is 9.92.